The maximum atomic E-state index is 10.6. The van der Waals surface area contributed by atoms with Gasteiger partial charge in [0.05, 0.1) is 18.4 Å². The lowest BCUT2D eigenvalue weighted by molar-refractivity contribution is -0.00734. The Kier molecular flexibility index (Phi) is 8.09. The monoisotopic (exact) mass is 474 g/mol. The summed E-state index contributed by atoms with van der Waals surface area (Å²) in [5.41, 5.74) is 2.84. The second-order valence-corrected chi connectivity index (χ2v) is 9.32. The van der Waals surface area contributed by atoms with Crippen LogP contribution in [0.1, 0.15) is 31.4 Å². The minimum Gasteiger partial charge on any atom is -0.454 e. The van der Waals surface area contributed by atoms with Crippen molar-refractivity contribution in [2.75, 3.05) is 33.1 Å². The topological polar surface area (TPSA) is 72.8 Å². The fraction of sp³-hybridized carbons (Fsp3) is 0.480. The maximum absolute atomic E-state index is 10.6. The molecule has 7 nitrogen and oxygen atoms in total. The van der Waals surface area contributed by atoms with Gasteiger partial charge in [0.2, 0.25) is 6.79 Å². The van der Waals surface area contributed by atoms with E-state index in [1.807, 2.05) is 42.5 Å². The van der Waals surface area contributed by atoms with E-state index in [1.165, 1.54) is 0 Å². The lowest BCUT2D eigenvalue weighted by atomic mass is 10.0. The van der Waals surface area contributed by atoms with Gasteiger partial charge in [-0.05, 0) is 35.7 Å². The molecule has 0 radical (unpaired) electrons. The molecule has 2 atom stereocenters. The molecule has 0 aromatic heterocycles. The van der Waals surface area contributed by atoms with Gasteiger partial charge in [0.25, 0.3) is 0 Å². The Morgan fingerprint density at radius 2 is 1.97 bits per heavy atom. The lowest BCUT2D eigenvalue weighted by Gasteiger charge is -2.27. The van der Waals surface area contributed by atoms with Gasteiger partial charge >= 0.3 is 0 Å². The molecular weight excluding hydrogens is 444 g/mol. The number of benzene rings is 2. The van der Waals surface area contributed by atoms with Gasteiger partial charge in [-0.3, -0.25) is 4.90 Å². The summed E-state index contributed by atoms with van der Waals surface area (Å²) < 4.78 is 16.5. The first-order valence-electron chi connectivity index (χ1n) is 11.3. The van der Waals surface area contributed by atoms with E-state index in [9.17, 15) is 5.11 Å². The standard InChI is InChI=1S/C25H31ClN2O5/c1-17(2)14-30-15-20(29)12-28(11-19-5-3-4-6-22(19)26)13-21-10-23(27-33-21)18-7-8-24-25(9-18)32-16-31-24/h3-9,17,20-21,29H,10-16H2,1-2H3/t20-,21+/m0/s1. The zero-order valence-corrected chi connectivity index (χ0v) is 19.8. The van der Waals surface area contributed by atoms with Crippen LogP contribution < -0.4 is 9.47 Å². The minimum atomic E-state index is -0.609. The predicted molar refractivity (Wildman–Crippen MR) is 127 cm³/mol. The number of oxime groups is 1. The normalized spacial score (nSPS) is 18.0. The quantitative estimate of drug-likeness (QED) is 0.528. The van der Waals surface area contributed by atoms with E-state index >= 15 is 0 Å². The molecule has 8 heteroatoms. The minimum absolute atomic E-state index is 0.128. The third-order valence-corrected chi connectivity index (χ3v) is 5.85. The molecule has 178 valence electrons. The Balaban J connectivity index is 1.37. The first-order chi connectivity index (χ1) is 16.0. The maximum Gasteiger partial charge on any atom is 0.231 e. The van der Waals surface area contributed by atoms with Crippen molar-refractivity contribution >= 4 is 17.3 Å². The summed E-state index contributed by atoms with van der Waals surface area (Å²) in [4.78, 5) is 7.91. The summed E-state index contributed by atoms with van der Waals surface area (Å²) in [6, 6.07) is 13.6. The summed E-state index contributed by atoms with van der Waals surface area (Å²) in [5.74, 6) is 1.90. The van der Waals surface area contributed by atoms with Gasteiger partial charge in [0.1, 0.15) is 6.10 Å². The highest BCUT2D eigenvalue weighted by Gasteiger charge is 2.27. The molecule has 0 spiro atoms. The van der Waals surface area contributed by atoms with Crippen LogP contribution in [0.5, 0.6) is 11.5 Å². The molecule has 2 aromatic rings. The number of fused-ring (bicyclic) bond motifs is 1. The molecule has 0 fully saturated rings. The molecule has 4 rings (SSSR count). The molecule has 0 unspecified atom stereocenters. The van der Waals surface area contributed by atoms with Gasteiger partial charge in [-0.15, -0.1) is 0 Å². The molecule has 33 heavy (non-hydrogen) atoms. The van der Waals surface area contributed by atoms with Crippen molar-refractivity contribution in [1.82, 2.24) is 4.90 Å². The van der Waals surface area contributed by atoms with Gasteiger partial charge in [-0.2, -0.15) is 0 Å². The number of halogens is 1. The van der Waals surface area contributed by atoms with Crippen LogP contribution in [0.3, 0.4) is 0 Å². The molecule has 2 aliphatic rings. The highest BCUT2D eigenvalue weighted by molar-refractivity contribution is 6.31. The van der Waals surface area contributed by atoms with Crippen molar-refractivity contribution in [2.24, 2.45) is 11.1 Å². The van der Waals surface area contributed by atoms with E-state index in [-0.39, 0.29) is 12.9 Å². The zero-order chi connectivity index (χ0) is 23.2. The van der Waals surface area contributed by atoms with Crippen molar-refractivity contribution in [2.45, 2.75) is 39.0 Å². The summed E-state index contributed by atoms with van der Waals surface area (Å²) in [6.45, 7) is 6.98. The van der Waals surface area contributed by atoms with Crippen LogP contribution in [-0.2, 0) is 16.1 Å². The Morgan fingerprint density at radius 3 is 2.79 bits per heavy atom. The molecule has 0 saturated carbocycles. The van der Waals surface area contributed by atoms with Crippen LogP contribution in [0.2, 0.25) is 5.02 Å². The summed E-state index contributed by atoms with van der Waals surface area (Å²) in [7, 11) is 0. The number of aliphatic hydroxyl groups excluding tert-OH is 1. The van der Waals surface area contributed by atoms with Crippen LogP contribution in [0.25, 0.3) is 0 Å². The summed E-state index contributed by atoms with van der Waals surface area (Å²) >= 11 is 6.40. The predicted octanol–water partition coefficient (Wildman–Crippen LogP) is 4.10. The van der Waals surface area contributed by atoms with Gasteiger partial charge in [-0.25, -0.2) is 0 Å². The first kappa shape index (κ1) is 23.8. The fourth-order valence-electron chi connectivity index (χ4n) is 3.92. The second-order valence-electron chi connectivity index (χ2n) is 8.91. The average Bonchev–Trinajstić information content (AvgIpc) is 3.44. The summed E-state index contributed by atoms with van der Waals surface area (Å²) in [6.07, 6.45) is -0.0721. The number of rotatable bonds is 11. The van der Waals surface area contributed by atoms with Crippen LogP contribution in [0.4, 0.5) is 0 Å². The van der Waals surface area contributed by atoms with Crippen LogP contribution in [0, 0.1) is 5.92 Å². The van der Waals surface area contributed by atoms with Gasteiger partial charge < -0.3 is 24.2 Å². The molecule has 1 N–H and O–H groups in total. The Morgan fingerprint density at radius 1 is 1.15 bits per heavy atom. The van der Waals surface area contributed by atoms with E-state index in [2.05, 4.69) is 23.9 Å². The molecule has 0 amide bonds. The first-order valence-corrected chi connectivity index (χ1v) is 11.7. The van der Waals surface area contributed by atoms with Crippen LogP contribution in [-0.4, -0.2) is 61.0 Å². The fourth-order valence-corrected chi connectivity index (χ4v) is 4.12. The van der Waals surface area contributed by atoms with Crippen LogP contribution >= 0.6 is 11.6 Å². The molecule has 0 bridgehead atoms. The number of hydrogen-bond donors (Lipinski definition) is 1. The van der Waals surface area contributed by atoms with E-state index < -0.39 is 6.10 Å². The van der Waals surface area contributed by atoms with Crippen LogP contribution in [0.15, 0.2) is 47.6 Å². The molecule has 2 heterocycles. The zero-order valence-electron chi connectivity index (χ0n) is 19.1. The molecule has 2 aliphatic heterocycles. The van der Waals surface area contributed by atoms with Crippen molar-refractivity contribution in [3.05, 3.63) is 58.6 Å². The van der Waals surface area contributed by atoms with E-state index in [4.69, 9.17) is 30.6 Å². The van der Waals surface area contributed by atoms with Gasteiger partial charge in [0, 0.05) is 43.2 Å². The van der Waals surface area contributed by atoms with Crippen molar-refractivity contribution < 1.29 is 24.2 Å². The van der Waals surface area contributed by atoms with Crippen molar-refractivity contribution in [3.63, 3.8) is 0 Å². The van der Waals surface area contributed by atoms with E-state index in [0.717, 1.165) is 28.3 Å². The van der Waals surface area contributed by atoms with Crippen molar-refractivity contribution in [3.8, 4) is 11.5 Å². The Labute approximate surface area is 199 Å². The number of aliphatic hydroxyl groups is 1. The molecule has 2 aromatic carbocycles. The third kappa shape index (κ3) is 6.60. The molecule has 0 aliphatic carbocycles. The number of hydrogen-bond acceptors (Lipinski definition) is 7. The van der Waals surface area contributed by atoms with Crippen molar-refractivity contribution in [1.29, 1.82) is 0 Å². The Bertz CT molecular complexity index is 968. The smallest absolute Gasteiger partial charge is 0.231 e. The summed E-state index contributed by atoms with van der Waals surface area (Å²) in [5, 5.41) is 15.6. The van der Waals surface area contributed by atoms with Gasteiger partial charge in [0.15, 0.2) is 11.5 Å². The highest BCUT2D eigenvalue weighted by Crippen LogP contribution is 2.33. The largest absolute Gasteiger partial charge is 0.454 e. The van der Waals surface area contributed by atoms with E-state index in [0.29, 0.717) is 50.2 Å². The SMILES string of the molecule is CC(C)COC[C@@H](O)CN(Cc1ccccc1Cl)C[C@H]1CC(c2ccc3c(c2)OCO3)=NO1. The average molecular weight is 475 g/mol. The molecular formula is C25H31ClN2O5. The van der Waals surface area contributed by atoms with Gasteiger partial charge in [-0.1, -0.05) is 48.8 Å². The lowest BCUT2D eigenvalue weighted by Crippen LogP contribution is -2.39. The molecule has 0 saturated heterocycles. The number of nitrogens with zero attached hydrogens (tertiary/aromatic N) is 2. The number of ether oxygens (including phenoxy) is 3. The third-order valence-electron chi connectivity index (χ3n) is 5.48. The second kappa shape index (κ2) is 11.2. The Hall–Kier alpha value is -2.32. The van der Waals surface area contributed by atoms with E-state index in [1.54, 1.807) is 0 Å². The highest BCUT2D eigenvalue weighted by atomic mass is 35.5.